The van der Waals surface area contributed by atoms with Gasteiger partial charge < -0.3 is 10.4 Å². The van der Waals surface area contributed by atoms with Crippen molar-refractivity contribution in [2.45, 2.75) is 25.5 Å². The summed E-state index contributed by atoms with van der Waals surface area (Å²) in [5.74, 6) is 0.384. The minimum absolute atomic E-state index is 0.384. The molecule has 0 fully saturated rings. The minimum Gasteiger partial charge on any atom is -0.388 e. The number of hydrogen-bond donors (Lipinski definition) is 3. The summed E-state index contributed by atoms with van der Waals surface area (Å²) in [5.41, 5.74) is 2.27. The molecule has 0 aliphatic carbocycles. The first-order chi connectivity index (χ1) is 16.3. The number of nitrogens with zero attached hydrogens (tertiary/aromatic N) is 5. The van der Waals surface area contributed by atoms with Crippen LogP contribution in [0.2, 0.25) is 0 Å². The van der Waals surface area contributed by atoms with E-state index in [0.29, 0.717) is 5.82 Å². The third-order valence-electron chi connectivity index (χ3n) is 5.66. The average molecular weight is 456 g/mol. The molecule has 1 unspecified atom stereocenters. The Morgan fingerprint density at radius 1 is 1.06 bits per heavy atom. The molecule has 0 saturated carbocycles. The summed E-state index contributed by atoms with van der Waals surface area (Å²) in [6.45, 7) is 3.32. The van der Waals surface area contributed by atoms with Gasteiger partial charge in [-0.2, -0.15) is 10.2 Å². The molecule has 2 amide bonds. The highest BCUT2D eigenvalue weighted by Crippen LogP contribution is 2.26. The summed E-state index contributed by atoms with van der Waals surface area (Å²) in [6, 6.07) is 16.0. The maximum absolute atomic E-state index is 12.7. The van der Waals surface area contributed by atoms with E-state index in [1.54, 1.807) is 41.7 Å². The summed E-state index contributed by atoms with van der Waals surface area (Å²) in [7, 11) is 1.89. The number of hydrogen-bond acceptors (Lipinski definition) is 5. The van der Waals surface area contributed by atoms with Crippen molar-refractivity contribution in [2.24, 2.45) is 7.05 Å². The fraction of sp³-hybridized carbons (Fsp3) is 0.200. The maximum atomic E-state index is 12.7. The molecule has 0 radical (unpaired) electrons. The molecule has 0 aliphatic rings. The van der Waals surface area contributed by atoms with Crippen molar-refractivity contribution in [1.82, 2.24) is 29.9 Å². The number of nitrogens with one attached hydrogen (secondary N) is 2. The lowest BCUT2D eigenvalue weighted by atomic mass is 9.92. The van der Waals surface area contributed by atoms with Crippen LogP contribution in [0.5, 0.6) is 0 Å². The van der Waals surface area contributed by atoms with Gasteiger partial charge in [0.1, 0.15) is 5.82 Å². The molecule has 0 spiro atoms. The first-order valence-corrected chi connectivity index (χ1v) is 10.9. The van der Waals surface area contributed by atoms with Crippen molar-refractivity contribution < 1.29 is 9.90 Å². The lowest BCUT2D eigenvalue weighted by molar-refractivity contribution is 0.0415. The fourth-order valence-corrected chi connectivity index (χ4v) is 4.07. The van der Waals surface area contributed by atoms with Crippen LogP contribution in [0, 0.1) is 0 Å². The number of aryl methyl sites for hydroxylation is 1. The highest BCUT2D eigenvalue weighted by atomic mass is 16.3. The van der Waals surface area contributed by atoms with Crippen molar-refractivity contribution in [3.63, 3.8) is 0 Å². The van der Waals surface area contributed by atoms with Crippen LogP contribution in [0.4, 0.5) is 10.6 Å². The van der Waals surface area contributed by atoms with Crippen LogP contribution in [-0.2, 0) is 7.05 Å². The molecular formula is C25H25N7O2. The fourth-order valence-electron chi connectivity index (χ4n) is 4.07. The van der Waals surface area contributed by atoms with E-state index in [9.17, 15) is 9.90 Å². The van der Waals surface area contributed by atoms with Crippen LogP contribution in [0.1, 0.15) is 25.5 Å². The van der Waals surface area contributed by atoms with Crippen LogP contribution >= 0.6 is 0 Å². The zero-order valence-corrected chi connectivity index (χ0v) is 19.1. The third-order valence-corrected chi connectivity index (χ3v) is 5.66. The van der Waals surface area contributed by atoms with Gasteiger partial charge in [0.25, 0.3) is 0 Å². The van der Waals surface area contributed by atoms with Crippen molar-refractivity contribution in [3.8, 4) is 5.69 Å². The van der Waals surface area contributed by atoms with E-state index in [-0.39, 0.29) is 0 Å². The minimum atomic E-state index is -1.16. The van der Waals surface area contributed by atoms with Crippen LogP contribution in [-0.4, -0.2) is 41.3 Å². The summed E-state index contributed by atoms with van der Waals surface area (Å²) < 4.78 is 3.58. The molecule has 2 aromatic carbocycles. The largest absolute Gasteiger partial charge is 0.388 e. The van der Waals surface area contributed by atoms with Gasteiger partial charge in [-0.3, -0.25) is 10.00 Å². The van der Waals surface area contributed by atoms with E-state index in [0.717, 1.165) is 33.1 Å². The van der Waals surface area contributed by atoms with Crippen molar-refractivity contribution in [3.05, 3.63) is 78.8 Å². The number of anilines is 1. The van der Waals surface area contributed by atoms with Gasteiger partial charge in [-0.25, -0.2) is 14.5 Å². The number of pyridine rings is 1. The Morgan fingerprint density at radius 3 is 2.62 bits per heavy atom. The molecule has 34 heavy (non-hydrogen) atoms. The molecule has 5 aromatic rings. The highest BCUT2D eigenvalue weighted by Gasteiger charge is 2.30. The second-order valence-corrected chi connectivity index (χ2v) is 8.83. The summed E-state index contributed by atoms with van der Waals surface area (Å²) >= 11 is 0. The lowest BCUT2D eigenvalue weighted by Crippen LogP contribution is -2.43. The molecule has 3 heterocycles. The number of fused-ring (bicyclic) bond motifs is 2. The van der Waals surface area contributed by atoms with Crippen LogP contribution in [0.25, 0.3) is 27.5 Å². The van der Waals surface area contributed by atoms with Crippen molar-refractivity contribution in [1.29, 1.82) is 0 Å². The molecule has 172 valence electrons. The number of carbonyl (C=O) groups is 1. The smallest absolute Gasteiger partial charge is 0.320 e. The van der Waals surface area contributed by atoms with Crippen molar-refractivity contribution in [2.75, 3.05) is 5.32 Å². The maximum Gasteiger partial charge on any atom is 0.320 e. The van der Waals surface area contributed by atoms with E-state index in [1.165, 1.54) is 0 Å². The Bertz CT molecular complexity index is 1480. The predicted molar refractivity (Wildman–Crippen MR) is 131 cm³/mol. The number of urea groups is 1. The van der Waals surface area contributed by atoms with E-state index >= 15 is 0 Å². The van der Waals surface area contributed by atoms with E-state index < -0.39 is 17.7 Å². The topological polar surface area (TPSA) is 110 Å². The van der Waals surface area contributed by atoms with Gasteiger partial charge in [-0.1, -0.05) is 30.3 Å². The molecule has 0 aliphatic heterocycles. The SMILES string of the molecule is Cn1cc2cc(-n3ncc4cc(NC(=O)NC(c5ccccc5)C(C)(C)O)ncc43)ccc2n1. The van der Waals surface area contributed by atoms with Crippen molar-refractivity contribution >= 4 is 33.7 Å². The normalized spacial score (nSPS) is 12.7. The predicted octanol–water partition coefficient (Wildman–Crippen LogP) is 3.94. The summed E-state index contributed by atoms with van der Waals surface area (Å²) in [4.78, 5) is 17.1. The third kappa shape index (κ3) is 4.20. The Kier molecular flexibility index (Phi) is 5.25. The second kappa shape index (κ2) is 8.27. The zero-order valence-electron chi connectivity index (χ0n) is 19.1. The molecule has 0 saturated heterocycles. The number of rotatable bonds is 5. The van der Waals surface area contributed by atoms with Crippen LogP contribution < -0.4 is 10.6 Å². The molecule has 3 N–H and O–H groups in total. The molecule has 3 aromatic heterocycles. The summed E-state index contributed by atoms with van der Waals surface area (Å²) in [5, 5.41) is 27.0. The molecule has 9 nitrogen and oxygen atoms in total. The molecular weight excluding hydrogens is 430 g/mol. The molecule has 0 bridgehead atoms. The van der Waals surface area contributed by atoms with Crippen LogP contribution in [0.3, 0.4) is 0 Å². The molecule has 9 heteroatoms. The van der Waals surface area contributed by atoms with E-state index in [1.807, 2.05) is 61.8 Å². The Morgan fingerprint density at radius 2 is 1.85 bits per heavy atom. The van der Waals surface area contributed by atoms with Gasteiger partial charge >= 0.3 is 6.03 Å². The second-order valence-electron chi connectivity index (χ2n) is 8.83. The van der Waals surface area contributed by atoms with Gasteiger partial charge in [0.2, 0.25) is 0 Å². The van der Waals surface area contributed by atoms with E-state index in [4.69, 9.17) is 0 Å². The first-order valence-electron chi connectivity index (χ1n) is 10.9. The number of aliphatic hydroxyl groups is 1. The first kappa shape index (κ1) is 21.6. The average Bonchev–Trinajstić information content (AvgIpc) is 3.38. The standard InChI is InChI=1S/C25H25N7O2/c1-25(2,34)23(16-7-5-4-6-8-16)29-24(33)28-22-12-17-13-27-32(21(17)14-26-22)19-9-10-20-18(11-19)15-31(3)30-20/h4-15,23,34H,1-3H3,(H2,26,28,29,33). The van der Waals surface area contributed by atoms with Gasteiger partial charge in [-0.15, -0.1) is 0 Å². The molecule has 1 atom stereocenters. The number of aromatic nitrogens is 5. The zero-order chi connectivity index (χ0) is 23.9. The lowest BCUT2D eigenvalue weighted by Gasteiger charge is -2.30. The monoisotopic (exact) mass is 455 g/mol. The number of carbonyl (C=O) groups excluding carboxylic acids is 1. The Balaban J connectivity index is 1.37. The highest BCUT2D eigenvalue weighted by molar-refractivity contribution is 5.91. The Hall–Kier alpha value is -4.24. The van der Waals surface area contributed by atoms with Gasteiger partial charge in [0.05, 0.1) is 40.8 Å². The number of amides is 2. The molecule has 5 rings (SSSR count). The van der Waals surface area contributed by atoms with E-state index in [2.05, 4.69) is 25.8 Å². The summed E-state index contributed by atoms with van der Waals surface area (Å²) in [6.07, 6.45) is 5.37. The van der Waals surface area contributed by atoms with Gasteiger partial charge in [-0.05, 0) is 43.7 Å². The number of benzene rings is 2. The van der Waals surface area contributed by atoms with Gasteiger partial charge in [0.15, 0.2) is 0 Å². The van der Waals surface area contributed by atoms with Crippen LogP contribution in [0.15, 0.2) is 73.2 Å². The Labute approximate surface area is 196 Å². The quantitative estimate of drug-likeness (QED) is 0.372. The van der Waals surface area contributed by atoms with Gasteiger partial charge in [0, 0.05) is 24.0 Å².